The van der Waals surface area contributed by atoms with Gasteiger partial charge in [-0.15, -0.1) is 0 Å². The number of nitrogens with zero attached hydrogens (tertiary/aromatic N) is 2. The predicted molar refractivity (Wildman–Crippen MR) is 106 cm³/mol. The highest BCUT2D eigenvalue weighted by Gasteiger charge is 2.32. The molecule has 1 saturated carbocycles. The standard InChI is InChI=1S/C20H31N3O3S/c1-16(2)22-12-14-23(15-13-22)20(24)17-8-10-18(11-9-17)21-27(25,26)19-6-4-3-5-7-19/h3-7,16-18,21H,8-15H2,1-2H3. The number of hydrogen-bond acceptors (Lipinski definition) is 4. The Balaban J connectivity index is 1.48. The van der Waals surface area contributed by atoms with Gasteiger partial charge in [0.15, 0.2) is 0 Å². The number of sulfonamides is 1. The molecule has 0 spiro atoms. The molecule has 0 bridgehead atoms. The fourth-order valence-electron chi connectivity index (χ4n) is 4.06. The maximum Gasteiger partial charge on any atom is 0.240 e. The molecule has 1 amide bonds. The van der Waals surface area contributed by atoms with Crippen molar-refractivity contribution >= 4 is 15.9 Å². The van der Waals surface area contributed by atoms with Gasteiger partial charge in [0, 0.05) is 44.2 Å². The molecule has 1 aromatic rings. The first-order valence-electron chi connectivity index (χ1n) is 9.97. The van der Waals surface area contributed by atoms with Crippen LogP contribution in [0.4, 0.5) is 0 Å². The van der Waals surface area contributed by atoms with Crippen LogP contribution in [0.3, 0.4) is 0 Å². The lowest BCUT2D eigenvalue weighted by Gasteiger charge is -2.39. The molecule has 1 aromatic carbocycles. The minimum absolute atomic E-state index is 0.0353. The van der Waals surface area contributed by atoms with E-state index in [0.717, 1.165) is 39.0 Å². The van der Waals surface area contributed by atoms with Crippen LogP contribution in [-0.2, 0) is 14.8 Å². The van der Waals surface area contributed by atoms with Gasteiger partial charge in [-0.1, -0.05) is 18.2 Å². The molecular formula is C20H31N3O3S. The second-order valence-corrected chi connectivity index (χ2v) is 9.65. The summed E-state index contributed by atoms with van der Waals surface area (Å²) in [5.74, 6) is 0.288. The summed E-state index contributed by atoms with van der Waals surface area (Å²) in [4.78, 5) is 17.5. The Morgan fingerprint density at radius 2 is 1.59 bits per heavy atom. The van der Waals surface area contributed by atoms with E-state index < -0.39 is 10.0 Å². The lowest BCUT2D eigenvalue weighted by Crippen LogP contribution is -2.52. The van der Waals surface area contributed by atoms with Crippen LogP contribution in [0.2, 0.25) is 0 Å². The molecule has 1 heterocycles. The average molecular weight is 394 g/mol. The molecule has 6 nitrogen and oxygen atoms in total. The summed E-state index contributed by atoms with van der Waals surface area (Å²) in [6.45, 7) is 7.87. The van der Waals surface area contributed by atoms with Gasteiger partial charge < -0.3 is 4.90 Å². The average Bonchev–Trinajstić information content (AvgIpc) is 2.68. The Hall–Kier alpha value is -1.44. The molecule has 1 N–H and O–H groups in total. The molecule has 3 rings (SSSR count). The molecule has 27 heavy (non-hydrogen) atoms. The van der Waals surface area contributed by atoms with E-state index in [-0.39, 0.29) is 17.9 Å². The molecule has 2 fully saturated rings. The first-order valence-corrected chi connectivity index (χ1v) is 11.5. The number of amides is 1. The summed E-state index contributed by atoms with van der Waals surface area (Å²) < 4.78 is 27.7. The highest BCUT2D eigenvalue weighted by atomic mass is 32.2. The quantitative estimate of drug-likeness (QED) is 0.832. The maximum absolute atomic E-state index is 12.8. The first kappa shape index (κ1) is 20.3. The topological polar surface area (TPSA) is 69.7 Å². The molecule has 2 aliphatic rings. The van der Waals surface area contributed by atoms with Gasteiger partial charge in [-0.05, 0) is 51.7 Å². The lowest BCUT2D eigenvalue weighted by atomic mass is 9.85. The van der Waals surface area contributed by atoms with Gasteiger partial charge in [-0.3, -0.25) is 9.69 Å². The van der Waals surface area contributed by atoms with Gasteiger partial charge in [0.1, 0.15) is 0 Å². The van der Waals surface area contributed by atoms with Crippen LogP contribution < -0.4 is 4.72 Å². The van der Waals surface area contributed by atoms with Crippen molar-refractivity contribution in [3.05, 3.63) is 30.3 Å². The zero-order valence-electron chi connectivity index (χ0n) is 16.3. The molecule has 0 aromatic heterocycles. The third kappa shape index (κ3) is 5.09. The Morgan fingerprint density at radius 1 is 1.00 bits per heavy atom. The monoisotopic (exact) mass is 393 g/mol. The molecule has 0 atom stereocenters. The fourth-order valence-corrected chi connectivity index (χ4v) is 5.39. The van der Waals surface area contributed by atoms with E-state index in [1.54, 1.807) is 30.3 Å². The molecule has 1 saturated heterocycles. The van der Waals surface area contributed by atoms with Crippen molar-refractivity contribution in [3.8, 4) is 0 Å². The second kappa shape index (κ2) is 8.71. The van der Waals surface area contributed by atoms with Gasteiger partial charge >= 0.3 is 0 Å². The van der Waals surface area contributed by atoms with E-state index in [2.05, 4.69) is 23.5 Å². The van der Waals surface area contributed by atoms with Crippen molar-refractivity contribution in [2.45, 2.75) is 56.5 Å². The molecule has 0 unspecified atom stereocenters. The first-order chi connectivity index (χ1) is 12.9. The second-order valence-electron chi connectivity index (χ2n) is 7.94. The van der Waals surface area contributed by atoms with Gasteiger partial charge in [0.25, 0.3) is 0 Å². The van der Waals surface area contributed by atoms with Crippen LogP contribution in [0.15, 0.2) is 35.2 Å². The number of benzene rings is 1. The highest BCUT2D eigenvalue weighted by molar-refractivity contribution is 7.89. The van der Waals surface area contributed by atoms with E-state index in [0.29, 0.717) is 23.8 Å². The normalized spacial score (nSPS) is 24.9. The summed E-state index contributed by atoms with van der Waals surface area (Å²) in [7, 11) is -3.48. The van der Waals surface area contributed by atoms with Crippen molar-refractivity contribution in [3.63, 3.8) is 0 Å². The lowest BCUT2D eigenvalue weighted by molar-refractivity contribution is -0.138. The summed E-state index contributed by atoms with van der Waals surface area (Å²) in [5.41, 5.74) is 0. The van der Waals surface area contributed by atoms with Crippen LogP contribution in [-0.4, -0.2) is 62.4 Å². The molecule has 7 heteroatoms. The van der Waals surface area contributed by atoms with E-state index in [1.165, 1.54) is 0 Å². The molecule has 0 radical (unpaired) electrons. The van der Waals surface area contributed by atoms with E-state index in [1.807, 2.05) is 4.90 Å². The fraction of sp³-hybridized carbons (Fsp3) is 0.650. The minimum atomic E-state index is -3.48. The van der Waals surface area contributed by atoms with Crippen molar-refractivity contribution in [2.24, 2.45) is 5.92 Å². The molecular weight excluding hydrogens is 362 g/mol. The van der Waals surface area contributed by atoms with Gasteiger partial charge in [0.2, 0.25) is 15.9 Å². The third-order valence-electron chi connectivity index (χ3n) is 5.81. The van der Waals surface area contributed by atoms with Crippen molar-refractivity contribution in [1.82, 2.24) is 14.5 Å². The molecule has 1 aliphatic carbocycles. The van der Waals surface area contributed by atoms with Gasteiger partial charge in [-0.25, -0.2) is 13.1 Å². The van der Waals surface area contributed by atoms with Crippen molar-refractivity contribution in [1.29, 1.82) is 0 Å². The number of rotatable bonds is 5. The Kier molecular flexibility index (Phi) is 6.55. The van der Waals surface area contributed by atoms with Gasteiger partial charge in [0.05, 0.1) is 4.90 Å². The molecule has 1 aliphatic heterocycles. The van der Waals surface area contributed by atoms with Crippen LogP contribution in [0.1, 0.15) is 39.5 Å². The van der Waals surface area contributed by atoms with E-state index >= 15 is 0 Å². The summed E-state index contributed by atoms with van der Waals surface area (Å²) in [6, 6.07) is 8.90. The predicted octanol–water partition coefficient (Wildman–Crippen LogP) is 2.08. The number of piperazine rings is 1. The Labute approximate surface area is 163 Å². The van der Waals surface area contributed by atoms with Crippen LogP contribution >= 0.6 is 0 Å². The zero-order valence-corrected chi connectivity index (χ0v) is 17.1. The highest BCUT2D eigenvalue weighted by Crippen LogP contribution is 2.27. The number of carbonyl (C=O) groups excluding carboxylic acids is 1. The minimum Gasteiger partial charge on any atom is -0.340 e. The summed E-state index contributed by atoms with van der Waals surface area (Å²) in [5, 5.41) is 0. The third-order valence-corrected chi connectivity index (χ3v) is 7.34. The van der Waals surface area contributed by atoms with Crippen molar-refractivity contribution < 1.29 is 13.2 Å². The van der Waals surface area contributed by atoms with Crippen molar-refractivity contribution in [2.75, 3.05) is 26.2 Å². The zero-order chi connectivity index (χ0) is 19.4. The Bertz CT molecular complexity index is 720. The summed E-state index contributed by atoms with van der Waals surface area (Å²) >= 11 is 0. The Morgan fingerprint density at radius 3 is 2.15 bits per heavy atom. The number of nitrogens with one attached hydrogen (secondary N) is 1. The largest absolute Gasteiger partial charge is 0.340 e. The van der Waals surface area contributed by atoms with Crippen LogP contribution in [0.25, 0.3) is 0 Å². The number of carbonyl (C=O) groups is 1. The smallest absolute Gasteiger partial charge is 0.240 e. The van der Waals surface area contributed by atoms with E-state index in [9.17, 15) is 13.2 Å². The molecule has 150 valence electrons. The summed E-state index contributed by atoms with van der Waals surface area (Å²) in [6.07, 6.45) is 2.94. The SMILES string of the molecule is CC(C)N1CCN(C(=O)C2CCC(NS(=O)(=O)c3ccccc3)CC2)CC1. The van der Waals surface area contributed by atoms with E-state index in [4.69, 9.17) is 0 Å². The maximum atomic E-state index is 12.8. The number of hydrogen-bond donors (Lipinski definition) is 1. The van der Waals surface area contributed by atoms with Crippen LogP contribution in [0, 0.1) is 5.92 Å². The van der Waals surface area contributed by atoms with Gasteiger partial charge in [-0.2, -0.15) is 0 Å². The van der Waals surface area contributed by atoms with Crippen LogP contribution in [0.5, 0.6) is 0 Å².